The molecule has 2 aromatic carbocycles. The molecule has 1 aliphatic rings. The zero-order valence-corrected chi connectivity index (χ0v) is 21.6. The van der Waals surface area contributed by atoms with Crippen LogP contribution in [0.25, 0.3) is 0 Å². The summed E-state index contributed by atoms with van der Waals surface area (Å²) in [5, 5.41) is 3.91. The topological polar surface area (TPSA) is 97.3 Å². The number of benzene rings is 2. The lowest BCUT2D eigenvalue weighted by molar-refractivity contribution is 0.0590. The number of methoxy groups -OCH3 is 1. The standard InChI is InChI=1S/C23H24F3N3O5S2/c1-13(16-10-15(33-5)6-7-17(16)24)28-14-8-18(25)21(19(26)9-14)29(22(30)34-23(2,3)4)20-11-35(12-27-20)36(31)32/h6-13,28H,1-5H3/t13?,35-/m0/s1. The molecule has 194 valence electrons. The smallest absolute Gasteiger partial charge is 0.420 e. The van der Waals surface area contributed by atoms with E-state index in [1.807, 2.05) is 0 Å². The third-order valence-corrected chi connectivity index (χ3v) is 7.33. The van der Waals surface area contributed by atoms with Gasteiger partial charge in [0.25, 0.3) is 0 Å². The minimum absolute atomic E-state index is 0.0306. The maximum atomic E-state index is 15.3. The Hall–Kier alpha value is -3.32. The summed E-state index contributed by atoms with van der Waals surface area (Å²) >= 11 is 0. The molecule has 8 nitrogen and oxygen atoms in total. The number of rotatable bonds is 6. The molecule has 0 radical (unpaired) electrons. The highest BCUT2D eigenvalue weighted by Gasteiger charge is 2.32. The van der Waals surface area contributed by atoms with Crippen LogP contribution in [0.5, 0.6) is 5.75 Å². The van der Waals surface area contributed by atoms with E-state index < -0.39 is 59.6 Å². The number of halogens is 3. The Morgan fingerprint density at radius 2 is 1.75 bits per heavy atom. The minimum atomic E-state index is -2.57. The summed E-state index contributed by atoms with van der Waals surface area (Å²) in [6.45, 7) is 6.28. The lowest BCUT2D eigenvalue weighted by atomic mass is 10.1. The van der Waals surface area contributed by atoms with E-state index in [0.717, 1.165) is 23.1 Å². The van der Waals surface area contributed by atoms with Crippen LogP contribution in [0.4, 0.5) is 29.3 Å². The van der Waals surface area contributed by atoms with Crippen LogP contribution in [0.1, 0.15) is 39.3 Å². The van der Waals surface area contributed by atoms with Crippen molar-refractivity contribution in [1.82, 2.24) is 0 Å². The largest absolute Gasteiger partial charge is 0.497 e. The van der Waals surface area contributed by atoms with Gasteiger partial charge in [0.1, 0.15) is 22.9 Å². The molecular formula is C23H24F3N3O5S2. The Morgan fingerprint density at radius 1 is 1.11 bits per heavy atom. The highest BCUT2D eigenvalue weighted by atomic mass is 32.9. The molecule has 3 rings (SSSR count). The summed E-state index contributed by atoms with van der Waals surface area (Å²) in [7, 11) is -2.63. The monoisotopic (exact) mass is 543 g/mol. The fraction of sp³-hybridized carbons (Fsp3) is 0.304. The third kappa shape index (κ3) is 6.26. The van der Waals surface area contributed by atoms with Gasteiger partial charge in [-0.25, -0.2) is 27.9 Å². The SMILES string of the molecule is COc1ccc(F)c(C(C)Nc2cc(F)c(N(C(=O)OC(C)(C)C)C3=C[S@](=S(=O)=O)C=N3)c(F)c2)c1. The Balaban J connectivity index is 2.02. The van der Waals surface area contributed by atoms with E-state index in [0.29, 0.717) is 10.6 Å². The van der Waals surface area contributed by atoms with Gasteiger partial charge < -0.3 is 14.8 Å². The zero-order valence-electron chi connectivity index (χ0n) is 20.0. The van der Waals surface area contributed by atoms with Gasteiger partial charge in [-0.15, -0.1) is 0 Å². The summed E-state index contributed by atoms with van der Waals surface area (Å²) in [6.07, 6.45) is -1.15. The molecule has 2 atom stereocenters. The van der Waals surface area contributed by atoms with Crippen LogP contribution in [0.3, 0.4) is 0 Å². The lowest BCUT2D eigenvalue weighted by Gasteiger charge is -2.27. The molecule has 1 unspecified atom stereocenters. The van der Waals surface area contributed by atoms with Crippen molar-refractivity contribution in [3.05, 3.63) is 64.6 Å². The van der Waals surface area contributed by atoms with Crippen molar-refractivity contribution >= 4 is 41.7 Å². The summed E-state index contributed by atoms with van der Waals surface area (Å²) in [5.74, 6) is -2.76. The molecular weight excluding hydrogens is 519 g/mol. The van der Waals surface area contributed by atoms with Gasteiger partial charge in [0, 0.05) is 26.1 Å². The Kier molecular flexibility index (Phi) is 8.14. The van der Waals surface area contributed by atoms with Crippen molar-refractivity contribution in [2.75, 3.05) is 17.3 Å². The summed E-state index contributed by atoms with van der Waals surface area (Å²) in [4.78, 5) is 17.3. The summed E-state index contributed by atoms with van der Waals surface area (Å²) < 4.78 is 77.9. The molecule has 1 N–H and O–H groups in total. The first kappa shape index (κ1) is 27.3. The zero-order chi connectivity index (χ0) is 26.8. The van der Waals surface area contributed by atoms with Crippen molar-refractivity contribution in [2.45, 2.75) is 39.3 Å². The molecule has 0 aliphatic carbocycles. The Bertz CT molecular complexity index is 1370. The van der Waals surface area contributed by atoms with Crippen molar-refractivity contribution in [2.24, 2.45) is 4.99 Å². The second-order valence-electron chi connectivity index (χ2n) is 8.60. The normalized spacial score (nSPS) is 15.8. The highest BCUT2D eigenvalue weighted by Crippen LogP contribution is 2.34. The maximum Gasteiger partial charge on any atom is 0.420 e. The van der Waals surface area contributed by atoms with Gasteiger partial charge in [-0.05, 0) is 58.0 Å². The molecule has 1 amide bonds. The first-order chi connectivity index (χ1) is 16.8. The predicted octanol–water partition coefficient (Wildman–Crippen LogP) is 5.28. The molecule has 2 aromatic rings. The molecule has 0 saturated carbocycles. The van der Waals surface area contributed by atoms with Gasteiger partial charge >= 0.3 is 6.09 Å². The van der Waals surface area contributed by atoms with Crippen molar-refractivity contribution in [3.8, 4) is 5.75 Å². The van der Waals surface area contributed by atoms with E-state index in [9.17, 15) is 17.6 Å². The second-order valence-corrected chi connectivity index (χ2v) is 12.1. The third-order valence-electron chi connectivity index (χ3n) is 4.77. The summed E-state index contributed by atoms with van der Waals surface area (Å²) in [6, 6.07) is 5.26. The fourth-order valence-electron chi connectivity index (χ4n) is 3.23. The molecule has 0 saturated heterocycles. The first-order valence-electron chi connectivity index (χ1n) is 10.5. The fourth-order valence-corrected chi connectivity index (χ4v) is 4.86. The number of anilines is 2. The number of ether oxygens (including phenoxy) is 2. The van der Waals surface area contributed by atoms with Gasteiger partial charge in [-0.3, -0.25) is 0 Å². The average molecular weight is 544 g/mol. The Labute approximate surface area is 209 Å². The number of nitrogens with one attached hydrogen (secondary N) is 1. The molecule has 0 spiro atoms. The molecule has 0 bridgehead atoms. The summed E-state index contributed by atoms with van der Waals surface area (Å²) in [5.41, 5.74) is -0.604. The average Bonchev–Trinajstić information content (AvgIpc) is 3.25. The number of carbonyl (C=O) groups is 1. The van der Waals surface area contributed by atoms with Gasteiger partial charge in [0.15, 0.2) is 17.5 Å². The molecule has 1 aliphatic heterocycles. The molecule has 0 aromatic heterocycles. The van der Waals surface area contributed by atoms with E-state index >= 15 is 8.78 Å². The molecule has 0 fully saturated rings. The lowest BCUT2D eigenvalue weighted by Crippen LogP contribution is -2.37. The van der Waals surface area contributed by atoms with Crippen LogP contribution in [-0.4, -0.2) is 32.8 Å². The quantitative estimate of drug-likeness (QED) is 0.533. The van der Waals surface area contributed by atoms with Crippen LogP contribution in [0.2, 0.25) is 0 Å². The number of aliphatic imine (C=N–C) groups is 1. The van der Waals surface area contributed by atoms with E-state index in [4.69, 9.17) is 9.47 Å². The van der Waals surface area contributed by atoms with Crippen LogP contribution in [0.15, 0.2) is 46.6 Å². The highest BCUT2D eigenvalue weighted by molar-refractivity contribution is 8.42. The molecule has 36 heavy (non-hydrogen) atoms. The van der Waals surface area contributed by atoms with E-state index in [2.05, 4.69) is 10.3 Å². The number of hydrogen-bond donors (Lipinski definition) is 1. The second kappa shape index (κ2) is 10.7. The van der Waals surface area contributed by atoms with Gasteiger partial charge in [0.2, 0.25) is 9.26 Å². The van der Waals surface area contributed by atoms with Crippen LogP contribution >= 0.6 is 0 Å². The van der Waals surface area contributed by atoms with E-state index in [1.165, 1.54) is 25.3 Å². The van der Waals surface area contributed by atoms with Gasteiger partial charge in [-0.1, -0.05) is 0 Å². The van der Waals surface area contributed by atoms with E-state index in [1.54, 1.807) is 27.7 Å². The Morgan fingerprint density at radius 3 is 2.28 bits per heavy atom. The maximum absolute atomic E-state index is 15.3. The number of nitrogens with zero attached hydrogens (tertiary/aromatic N) is 2. The number of amides is 1. The number of hydrogen-bond acceptors (Lipinski definition) is 7. The van der Waals surface area contributed by atoms with Gasteiger partial charge in [0.05, 0.1) is 18.7 Å². The van der Waals surface area contributed by atoms with Gasteiger partial charge in [-0.2, -0.15) is 8.42 Å². The van der Waals surface area contributed by atoms with E-state index in [-0.39, 0.29) is 17.1 Å². The first-order valence-corrected chi connectivity index (χ1v) is 13.4. The van der Waals surface area contributed by atoms with Crippen molar-refractivity contribution in [1.29, 1.82) is 0 Å². The van der Waals surface area contributed by atoms with Crippen molar-refractivity contribution in [3.63, 3.8) is 0 Å². The molecule has 1 heterocycles. The predicted molar refractivity (Wildman–Crippen MR) is 133 cm³/mol. The van der Waals surface area contributed by atoms with Crippen LogP contribution in [-0.2, 0) is 23.5 Å². The van der Waals surface area contributed by atoms with Crippen molar-refractivity contribution < 1.29 is 35.9 Å². The number of carbonyl (C=O) groups excluding carboxylic acids is 1. The minimum Gasteiger partial charge on any atom is -0.497 e. The molecule has 13 heteroatoms. The van der Waals surface area contributed by atoms with Crippen LogP contribution in [0, 0.1) is 17.5 Å². The van der Waals surface area contributed by atoms with Crippen LogP contribution < -0.4 is 15.0 Å².